The van der Waals surface area contributed by atoms with Crippen LogP contribution in [0.15, 0.2) is 23.0 Å². The van der Waals surface area contributed by atoms with E-state index < -0.39 is 0 Å². The molecule has 35 heavy (non-hydrogen) atoms. The predicted octanol–water partition coefficient (Wildman–Crippen LogP) is 2.65. The molecule has 0 radical (unpaired) electrons. The van der Waals surface area contributed by atoms with Crippen molar-refractivity contribution in [2.75, 3.05) is 6.54 Å². The van der Waals surface area contributed by atoms with Gasteiger partial charge < -0.3 is 10.6 Å². The van der Waals surface area contributed by atoms with Crippen molar-refractivity contribution in [2.45, 2.75) is 64.3 Å². The van der Waals surface area contributed by atoms with Crippen LogP contribution in [-0.4, -0.2) is 43.3 Å². The van der Waals surface area contributed by atoms with Gasteiger partial charge in [0.05, 0.1) is 23.6 Å². The summed E-state index contributed by atoms with van der Waals surface area (Å²) in [5.41, 5.74) is 3.23. The summed E-state index contributed by atoms with van der Waals surface area (Å²) in [5.74, 6) is 1.35. The van der Waals surface area contributed by atoms with Crippen LogP contribution >= 0.6 is 0 Å². The fourth-order valence-electron chi connectivity index (χ4n) is 5.56. The first-order valence-electron chi connectivity index (χ1n) is 12.9. The Morgan fingerprint density at radius 1 is 1.20 bits per heavy atom. The van der Waals surface area contributed by atoms with Crippen molar-refractivity contribution < 1.29 is 14.2 Å². The number of hydrogen-bond donors (Lipinski definition) is 2. The quantitative estimate of drug-likeness (QED) is 0.485. The van der Waals surface area contributed by atoms with Crippen LogP contribution in [0, 0.1) is 23.7 Å². The standard InChI is InChI=1S/C25H31N7O3/c1-2-18-23(31-35-30-18)25(34)28-22(21(14-5-6-14)15-7-8-15)19-13-32-20(27-19)10-9-17(29-32)12-16-4-3-11-26-24(16)33/h9-10,13-16,21-22H,2-8,11-12H2,1H3,(H,26,33)(H,28,34)/t16-,22?/m1/s1. The molecule has 2 N–H and O–H groups in total. The van der Waals surface area contributed by atoms with Gasteiger partial charge in [-0.05, 0) is 80.0 Å². The zero-order valence-corrected chi connectivity index (χ0v) is 19.9. The number of imidazole rings is 1. The Hall–Kier alpha value is -3.30. The van der Waals surface area contributed by atoms with Crippen molar-refractivity contribution >= 4 is 17.5 Å². The van der Waals surface area contributed by atoms with E-state index in [1.54, 1.807) is 4.52 Å². The van der Waals surface area contributed by atoms with Crippen LogP contribution in [0.3, 0.4) is 0 Å². The number of piperidine rings is 1. The Morgan fingerprint density at radius 2 is 2.00 bits per heavy atom. The monoisotopic (exact) mass is 477 g/mol. The van der Waals surface area contributed by atoms with Crippen LogP contribution in [0.2, 0.25) is 0 Å². The van der Waals surface area contributed by atoms with Gasteiger partial charge in [0.25, 0.3) is 5.91 Å². The van der Waals surface area contributed by atoms with Crippen molar-refractivity contribution in [2.24, 2.45) is 23.7 Å². The molecule has 3 aromatic rings. The van der Waals surface area contributed by atoms with Gasteiger partial charge in [-0.15, -0.1) is 0 Å². The second kappa shape index (κ2) is 9.05. The molecule has 184 valence electrons. The molecule has 1 aliphatic heterocycles. The molecule has 10 heteroatoms. The average Bonchev–Trinajstić information content (AvgIpc) is 3.79. The lowest BCUT2D eigenvalue weighted by Gasteiger charge is -2.26. The third-order valence-electron chi connectivity index (χ3n) is 7.68. The van der Waals surface area contributed by atoms with Crippen LogP contribution < -0.4 is 10.6 Å². The molecule has 2 aliphatic carbocycles. The van der Waals surface area contributed by atoms with Crippen LogP contribution in [0.4, 0.5) is 0 Å². The van der Waals surface area contributed by atoms with E-state index in [1.807, 2.05) is 25.3 Å². The topological polar surface area (TPSA) is 127 Å². The molecule has 10 nitrogen and oxygen atoms in total. The van der Waals surface area contributed by atoms with E-state index in [4.69, 9.17) is 14.7 Å². The number of aromatic nitrogens is 5. The second-order valence-electron chi connectivity index (χ2n) is 10.2. The minimum atomic E-state index is -0.270. The van der Waals surface area contributed by atoms with Crippen molar-refractivity contribution in [3.8, 4) is 0 Å². The Labute approximate surface area is 203 Å². The number of carbonyl (C=O) groups is 2. The Balaban J connectivity index is 1.29. The molecular weight excluding hydrogens is 446 g/mol. The summed E-state index contributed by atoms with van der Waals surface area (Å²) >= 11 is 0. The molecule has 0 aromatic carbocycles. The third-order valence-corrected chi connectivity index (χ3v) is 7.68. The summed E-state index contributed by atoms with van der Waals surface area (Å²) in [6.45, 7) is 2.68. The van der Waals surface area contributed by atoms with Gasteiger partial charge in [-0.2, -0.15) is 5.10 Å². The summed E-state index contributed by atoms with van der Waals surface area (Å²) in [7, 11) is 0. The number of hydrogen-bond acceptors (Lipinski definition) is 7. The van der Waals surface area contributed by atoms with E-state index in [0.717, 1.165) is 36.4 Å². The summed E-state index contributed by atoms with van der Waals surface area (Å²) in [5, 5.41) is 18.7. The second-order valence-corrected chi connectivity index (χ2v) is 10.2. The Bertz CT molecular complexity index is 1230. The number of rotatable bonds is 9. The van der Waals surface area contributed by atoms with Crippen molar-refractivity contribution in [1.29, 1.82) is 0 Å². The molecular formula is C25H31N7O3. The van der Waals surface area contributed by atoms with Gasteiger partial charge in [0.15, 0.2) is 11.3 Å². The minimum Gasteiger partial charge on any atom is -0.356 e. The number of aryl methyl sites for hydroxylation is 1. The molecule has 2 atom stereocenters. The molecule has 6 rings (SSSR count). The van der Waals surface area contributed by atoms with Gasteiger partial charge in [0.1, 0.15) is 5.69 Å². The molecule has 4 heterocycles. The van der Waals surface area contributed by atoms with Crippen LogP contribution in [-0.2, 0) is 17.6 Å². The first kappa shape index (κ1) is 22.2. The van der Waals surface area contributed by atoms with E-state index in [-0.39, 0.29) is 29.5 Å². The van der Waals surface area contributed by atoms with Gasteiger partial charge in [0.2, 0.25) is 5.91 Å². The van der Waals surface area contributed by atoms with Gasteiger partial charge >= 0.3 is 0 Å². The maximum atomic E-state index is 13.2. The third kappa shape index (κ3) is 4.53. The molecule has 3 aliphatic rings. The molecule has 3 aromatic heterocycles. The summed E-state index contributed by atoms with van der Waals surface area (Å²) < 4.78 is 6.63. The highest BCUT2D eigenvalue weighted by atomic mass is 16.6. The van der Waals surface area contributed by atoms with E-state index in [2.05, 4.69) is 20.9 Å². The molecule has 1 saturated heterocycles. The predicted molar refractivity (Wildman–Crippen MR) is 125 cm³/mol. The van der Waals surface area contributed by atoms with Gasteiger partial charge in [-0.3, -0.25) is 9.59 Å². The van der Waals surface area contributed by atoms with E-state index in [9.17, 15) is 9.59 Å². The first-order chi connectivity index (χ1) is 17.1. The maximum absolute atomic E-state index is 13.2. The molecule has 0 bridgehead atoms. The molecule has 0 spiro atoms. The van der Waals surface area contributed by atoms with E-state index >= 15 is 0 Å². The fourth-order valence-corrected chi connectivity index (χ4v) is 5.56. The highest BCUT2D eigenvalue weighted by Crippen LogP contribution is 2.54. The molecule has 2 amide bonds. The lowest BCUT2D eigenvalue weighted by atomic mass is 9.87. The Morgan fingerprint density at radius 3 is 2.71 bits per heavy atom. The molecule has 1 unspecified atom stereocenters. The van der Waals surface area contributed by atoms with Crippen molar-refractivity contribution in [1.82, 2.24) is 35.5 Å². The number of carbonyl (C=O) groups excluding carboxylic acids is 2. The van der Waals surface area contributed by atoms with Crippen LogP contribution in [0.25, 0.3) is 5.65 Å². The zero-order chi connectivity index (χ0) is 23.9. The Kier molecular flexibility index (Phi) is 5.74. The minimum absolute atomic E-state index is 0.0401. The number of amides is 2. The lowest BCUT2D eigenvalue weighted by molar-refractivity contribution is -0.126. The smallest absolute Gasteiger partial charge is 0.276 e. The summed E-state index contributed by atoms with van der Waals surface area (Å²) in [6, 6.07) is 3.68. The van der Waals surface area contributed by atoms with Crippen molar-refractivity contribution in [3.05, 3.63) is 41.1 Å². The van der Waals surface area contributed by atoms with Crippen molar-refractivity contribution in [3.63, 3.8) is 0 Å². The summed E-state index contributed by atoms with van der Waals surface area (Å²) in [6.07, 6.45) is 9.78. The summed E-state index contributed by atoms with van der Waals surface area (Å²) in [4.78, 5) is 30.3. The van der Waals surface area contributed by atoms with E-state index in [0.29, 0.717) is 36.3 Å². The first-order valence-corrected chi connectivity index (χ1v) is 12.9. The van der Waals surface area contributed by atoms with Gasteiger partial charge in [-0.1, -0.05) is 12.1 Å². The number of fused-ring (bicyclic) bond motifs is 1. The van der Waals surface area contributed by atoms with Gasteiger partial charge in [0, 0.05) is 18.9 Å². The zero-order valence-electron chi connectivity index (χ0n) is 19.9. The van der Waals surface area contributed by atoms with Gasteiger partial charge in [-0.25, -0.2) is 14.1 Å². The normalized spacial score (nSPS) is 21.3. The fraction of sp³-hybridized carbons (Fsp3) is 0.600. The maximum Gasteiger partial charge on any atom is 0.276 e. The largest absolute Gasteiger partial charge is 0.356 e. The van der Waals surface area contributed by atoms with E-state index in [1.165, 1.54) is 25.7 Å². The average molecular weight is 478 g/mol. The molecule has 2 saturated carbocycles. The van der Waals surface area contributed by atoms with Crippen LogP contribution in [0.1, 0.15) is 79.1 Å². The number of nitrogens with zero attached hydrogens (tertiary/aromatic N) is 5. The lowest BCUT2D eigenvalue weighted by Crippen LogP contribution is -2.37. The number of nitrogens with one attached hydrogen (secondary N) is 2. The SMILES string of the molecule is CCc1nonc1C(=O)NC(c1cn2nc(C[C@H]3CCCNC3=O)ccc2n1)C(C1CC1)C1CC1. The highest BCUT2D eigenvalue weighted by molar-refractivity contribution is 5.93. The highest BCUT2D eigenvalue weighted by Gasteiger charge is 2.47. The molecule has 3 fully saturated rings. The van der Waals surface area contributed by atoms with Crippen LogP contribution in [0.5, 0.6) is 0 Å².